The third-order valence-electron chi connectivity index (χ3n) is 9.95. The van der Waals surface area contributed by atoms with Gasteiger partial charge in [-0.15, -0.1) is 0 Å². The number of aliphatic carboxylic acids is 1. The standard InChI is InChI=1S/C39H42N4O4/c1-25(26-13-15-28(16-14-26)36(46)41-23-19-33(44)45)43-37(47)35(42-39(43)20-17-31(18-21-39)38(2,3)4)30-10-5-9-29(24-30)32-12-6-8-27-11-7-22-40-34(27)32/h5-16,22,24-25,31H,17-21,23H2,1-4H3,(H,41,46)(H,44,45)/t25-,31?,39?/m1/s1. The van der Waals surface area contributed by atoms with E-state index in [0.717, 1.165) is 58.8 Å². The minimum absolute atomic E-state index is 0.0605. The average Bonchev–Trinajstić information content (AvgIpc) is 3.34. The number of carboxylic acids is 1. The number of para-hydroxylation sites is 1. The van der Waals surface area contributed by atoms with Crippen molar-refractivity contribution in [3.8, 4) is 11.1 Å². The highest BCUT2D eigenvalue weighted by Crippen LogP contribution is 2.49. The molecule has 2 aliphatic rings. The first-order chi connectivity index (χ1) is 22.5. The van der Waals surface area contributed by atoms with Gasteiger partial charge in [0.2, 0.25) is 0 Å². The zero-order chi connectivity index (χ0) is 33.3. The van der Waals surface area contributed by atoms with Gasteiger partial charge in [-0.1, -0.05) is 75.4 Å². The van der Waals surface area contributed by atoms with Crippen LogP contribution in [0, 0.1) is 11.3 Å². The Hall–Kier alpha value is -4.85. The fourth-order valence-corrected chi connectivity index (χ4v) is 7.25. The molecule has 1 aliphatic carbocycles. The number of aliphatic imine (C=N–C) groups is 1. The molecule has 1 aromatic heterocycles. The minimum Gasteiger partial charge on any atom is -0.481 e. The Bertz CT molecular complexity index is 1840. The zero-order valence-corrected chi connectivity index (χ0v) is 27.5. The highest BCUT2D eigenvalue weighted by molar-refractivity contribution is 6.47. The maximum Gasteiger partial charge on any atom is 0.305 e. The summed E-state index contributed by atoms with van der Waals surface area (Å²) in [5.74, 6) is -0.836. The highest BCUT2D eigenvalue weighted by Gasteiger charge is 2.52. The first-order valence-electron chi connectivity index (χ1n) is 16.4. The lowest BCUT2D eigenvalue weighted by molar-refractivity contribution is -0.137. The van der Waals surface area contributed by atoms with Crippen LogP contribution >= 0.6 is 0 Å². The smallest absolute Gasteiger partial charge is 0.305 e. The van der Waals surface area contributed by atoms with Gasteiger partial charge in [0.05, 0.1) is 18.0 Å². The molecule has 1 fully saturated rings. The van der Waals surface area contributed by atoms with E-state index in [0.29, 0.717) is 17.2 Å². The van der Waals surface area contributed by atoms with Crippen molar-refractivity contribution in [2.24, 2.45) is 16.3 Å². The van der Waals surface area contributed by atoms with Crippen LogP contribution in [0.4, 0.5) is 0 Å². The van der Waals surface area contributed by atoms with Crippen molar-refractivity contribution in [2.75, 3.05) is 6.54 Å². The fraction of sp³-hybridized carbons (Fsp3) is 0.359. The van der Waals surface area contributed by atoms with Gasteiger partial charge in [0.15, 0.2) is 0 Å². The van der Waals surface area contributed by atoms with E-state index in [4.69, 9.17) is 10.1 Å². The lowest BCUT2D eigenvalue weighted by atomic mass is 9.69. The quantitative estimate of drug-likeness (QED) is 0.210. The van der Waals surface area contributed by atoms with E-state index in [1.54, 1.807) is 18.3 Å². The number of amides is 2. The second kappa shape index (κ2) is 12.7. The normalized spacial score (nSPS) is 20.3. The van der Waals surface area contributed by atoms with Crippen molar-refractivity contribution in [2.45, 2.75) is 71.5 Å². The van der Waals surface area contributed by atoms with Crippen LogP contribution in [-0.4, -0.2) is 50.7 Å². The monoisotopic (exact) mass is 630 g/mol. The molecule has 0 saturated heterocycles. The van der Waals surface area contributed by atoms with Gasteiger partial charge in [0.1, 0.15) is 11.4 Å². The Labute approximate surface area is 275 Å². The third kappa shape index (κ3) is 6.42. The molecule has 0 radical (unpaired) electrons. The van der Waals surface area contributed by atoms with Crippen LogP contribution in [0.25, 0.3) is 22.0 Å². The number of carbonyl (C=O) groups is 3. The van der Waals surface area contributed by atoms with Gasteiger partial charge in [-0.3, -0.25) is 24.4 Å². The summed E-state index contributed by atoms with van der Waals surface area (Å²) in [5.41, 5.74) is 5.05. The number of hydrogen-bond acceptors (Lipinski definition) is 5. The molecule has 8 heteroatoms. The third-order valence-corrected chi connectivity index (χ3v) is 9.95. The molecule has 2 amide bonds. The fourth-order valence-electron chi connectivity index (χ4n) is 7.25. The number of pyridine rings is 1. The van der Waals surface area contributed by atoms with Crippen LogP contribution in [0.15, 0.2) is 90.1 Å². The summed E-state index contributed by atoms with van der Waals surface area (Å²) in [6, 6.07) is 25.1. The SMILES string of the molecule is C[C@H](c1ccc(C(=O)NCCC(=O)O)cc1)N1C(=O)C(c2cccc(-c3cccc4cccnc34)c2)=NC12CCC(C(C)(C)C)CC2. The number of carbonyl (C=O) groups excluding carboxylic acids is 2. The first kappa shape index (κ1) is 32.1. The predicted octanol–water partition coefficient (Wildman–Crippen LogP) is 7.43. The molecule has 0 unspecified atom stereocenters. The molecular weight excluding hydrogens is 588 g/mol. The van der Waals surface area contributed by atoms with Crippen LogP contribution in [-0.2, 0) is 9.59 Å². The summed E-state index contributed by atoms with van der Waals surface area (Å²) in [5, 5.41) is 12.6. The van der Waals surface area contributed by atoms with Gasteiger partial charge < -0.3 is 15.3 Å². The van der Waals surface area contributed by atoms with Gasteiger partial charge in [0.25, 0.3) is 11.8 Å². The molecule has 3 aromatic carbocycles. The van der Waals surface area contributed by atoms with Crippen molar-refractivity contribution in [3.05, 3.63) is 102 Å². The van der Waals surface area contributed by atoms with Crippen molar-refractivity contribution < 1.29 is 19.5 Å². The molecule has 0 bridgehead atoms. The Morgan fingerprint density at radius 1 is 0.979 bits per heavy atom. The van der Waals surface area contributed by atoms with Gasteiger partial charge in [-0.05, 0) is 79.3 Å². The summed E-state index contributed by atoms with van der Waals surface area (Å²) in [7, 11) is 0. The number of hydrogen-bond donors (Lipinski definition) is 2. The van der Waals surface area contributed by atoms with Crippen LogP contribution in [0.2, 0.25) is 0 Å². The molecule has 8 nitrogen and oxygen atoms in total. The molecule has 1 spiro atoms. The molecule has 4 aromatic rings. The van der Waals surface area contributed by atoms with Crippen molar-refractivity contribution >= 4 is 34.4 Å². The second-order valence-electron chi connectivity index (χ2n) is 13.9. The average molecular weight is 631 g/mol. The Kier molecular flexibility index (Phi) is 8.70. The van der Waals surface area contributed by atoms with E-state index in [9.17, 15) is 14.4 Å². The number of benzene rings is 3. The van der Waals surface area contributed by atoms with Gasteiger partial charge in [-0.25, -0.2) is 0 Å². The van der Waals surface area contributed by atoms with Gasteiger partial charge in [0, 0.05) is 34.8 Å². The molecule has 2 heterocycles. The van der Waals surface area contributed by atoms with Crippen molar-refractivity contribution in [3.63, 3.8) is 0 Å². The van der Waals surface area contributed by atoms with Crippen molar-refractivity contribution in [1.82, 2.24) is 15.2 Å². The molecule has 1 saturated carbocycles. The first-order valence-corrected chi connectivity index (χ1v) is 16.4. The van der Waals surface area contributed by atoms with Crippen LogP contribution in [0.5, 0.6) is 0 Å². The maximum absolute atomic E-state index is 14.6. The molecule has 1 aliphatic heterocycles. The van der Waals surface area contributed by atoms with Gasteiger partial charge in [-0.2, -0.15) is 0 Å². The number of rotatable bonds is 8. The van der Waals surface area contributed by atoms with E-state index in [2.05, 4.69) is 61.4 Å². The molecule has 47 heavy (non-hydrogen) atoms. The molecule has 1 atom stereocenters. The zero-order valence-electron chi connectivity index (χ0n) is 27.5. The van der Waals surface area contributed by atoms with Gasteiger partial charge >= 0.3 is 5.97 Å². The minimum atomic E-state index is -0.964. The molecule has 242 valence electrons. The summed E-state index contributed by atoms with van der Waals surface area (Å²) in [6.07, 6.45) is 5.19. The van der Waals surface area contributed by atoms with Crippen LogP contribution in [0.1, 0.15) is 87.3 Å². The van der Waals surface area contributed by atoms with Crippen molar-refractivity contribution in [1.29, 1.82) is 0 Å². The van der Waals surface area contributed by atoms with Crippen LogP contribution in [0.3, 0.4) is 0 Å². The predicted molar refractivity (Wildman–Crippen MR) is 184 cm³/mol. The number of aromatic nitrogens is 1. The van der Waals surface area contributed by atoms with E-state index in [1.165, 1.54) is 0 Å². The Morgan fingerprint density at radius 2 is 1.66 bits per heavy atom. The molecule has 2 N–H and O–H groups in total. The lowest BCUT2D eigenvalue weighted by Crippen LogP contribution is -2.50. The number of fused-ring (bicyclic) bond motifs is 1. The second-order valence-corrected chi connectivity index (χ2v) is 13.9. The highest BCUT2D eigenvalue weighted by atomic mass is 16.4. The van der Waals surface area contributed by atoms with E-state index in [-0.39, 0.29) is 36.2 Å². The topological polar surface area (TPSA) is 112 Å². The molecule has 6 rings (SSSR count). The number of nitrogens with zero attached hydrogens (tertiary/aromatic N) is 3. The number of carboxylic acid groups (broad SMARTS) is 1. The lowest BCUT2D eigenvalue weighted by Gasteiger charge is -2.46. The summed E-state index contributed by atoms with van der Waals surface area (Å²) in [6.45, 7) is 8.96. The summed E-state index contributed by atoms with van der Waals surface area (Å²) in [4.78, 5) is 49.9. The number of nitrogens with one attached hydrogen (secondary N) is 1. The van der Waals surface area contributed by atoms with Crippen LogP contribution < -0.4 is 5.32 Å². The summed E-state index contributed by atoms with van der Waals surface area (Å²) >= 11 is 0. The Morgan fingerprint density at radius 3 is 2.36 bits per heavy atom. The van der Waals surface area contributed by atoms with E-state index in [1.807, 2.05) is 48.2 Å². The van der Waals surface area contributed by atoms with E-state index >= 15 is 0 Å². The largest absolute Gasteiger partial charge is 0.481 e. The molecular formula is C39H42N4O4. The van der Waals surface area contributed by atoms with E-state index < -0.39 is 11.6 Å². The summed E-state index contributed by atoms with van der Waals surface area (Å²) < 4.78 is 0. The Balaban J connectivity index is 1.33. The maximum atomic E-state index is 14.6.